The van der Waals surface area contributed by atoms with Crippen LogP contribution < -0.4 is 4.74 Å². The maximum atomic E-state index is 12.4. The second-order valence-electron chi connectivity index (χ2n) is 9.49. The summed E-state index contributed by atoms with van der Waals surface area (Å²) in [6.07, 6.45) is -3.55. The number of rotatable bonds is 9. The predicted octanol–water partition coefficient (Wildman–Crippen LogP) is -1.37. The number of carboxylic acid groups (broad SMARTS) is 1. The van der Waals surface area contributed by atoms with Crippen molar-refractivity contribution in [2.24, 2.45) is 11.8 Å². The van der Waals surface area contributed by atoms with Gasteiger partial charge in [-0.2, -0.15) is 0 Å². The number of fused-ring (bicyclic) bond motifs is 1. The fourth-order valence-corrected chi connectivity index (χ4v) is 4.78. The number of allylic oxidation sites excluding steroid dienone is 1. The Kier molecular flexibility index (Phi) is 8.80. The van der Waals surface area contributed by atoms with Crippen molar-refractivity contribution in [2.75, 3.05) is 20.3 Å². The maximum absolute atomic E-state index is 12.4. The summed E-state index contributed by atoms with van der Waals surface area (Å²) < 4.78 is 26.7. The maximum Gasteiger partial charge on any atom is 0.335 e. The predicted molar refractivity (Wildman–Crippen MR) is 131 cm³/mol. The van der Waals surface area contributed by atoms with E-state index in [-0.39, 0.29) is 17.1 Å². The van der Waals surface area contributed by atoms with E-state index in [9.17, 15) is 45.3 Å². The smallest absolute Gasteiger partial charge is 0.335 e. The minimum Gasteiger partial charge on any atom is -0.504 e. The second kappa shape index (κ2) is 11.9. The summed E-state index contributed by atoms with van der Waals surface area (Å²) >= 11 is 0. The molecule has 0 unspecified atom stereocenters. The molecule has 0 spiro atoms. The van der Waals surface area contributed by atoms with Crippen molar-refractivity contribution in [3.8, 4) is 11.5 Å². The van der Waals surface area contributed by atoms with Crippen molar-refractivity contribution >= 4 is 18.0 Å². The van der Waals surface area contributed by atoms with Crippen LogP contribution in [0.15, 0.2) is 48.3 Å². The second-order valence-corrected chi connectivity index (χ2v) is 9.49. The van der Waals surface area contributed by atoms with Crippen molar-refractivity contribution < 1.29 is 69.0 Å². The largest absolute Gasteiger partial charge is 0.504 e. The van der Waals surface area contributed by atoms with Crippen molar-refractivity contribution in [2.45, 2.75) is 42.6 Å². The third kappa shape index (κ3) is 5.83. The normalized spacial score (nSPS) is 35.1. The van der Waals surface area contributed by atoms with Gasteiger partial charge in [-0.1, -0.05) is 18.2 Å². The molecule has 14 nitrogen and oxygen atoms in total. The Morgan fingerprint density at radius 3 is 2.55 bits per heavy atom. The number of hydrogen-bond donors (Lipinski definition) is 7. The quantitative estimate of drug-likeness (QED) is 0.104. The number of carboxylic acids is 1. The molecule has 40 heavy (non-hydrogen) atoms. The van der Waals surface area contributed by atoms with Crippen LogP contribution in [0.5, 0.6) is 11.5 Å². The molecular weight excluding hydrogens is 536 g/mol. The highest BCUT2D eigenvalue weighted by atomic mass is 16.8. The first kappa shape index (κ1) is 29.5. The summed E-state index contributed by atoms with van der Waals surface area (Å²) in [7, 11) is 1.37. The Balaban J connectivity index is 1.49. The number of ether oxygens (including phenoxy) is 5. The number of esters is 1. The van der Waals surface area contributed by atoms with Crippen LogP contribution in [0, 0.1) is 11.8 Å². The molecule has 7 N–H and O–H groups in total. The zero-order valence-corrected chi connectivity index (χ0v) is 21.1. The number of hydrogen-bond acceptors (Lipinski definition) is 13. The van der Waals surface area contributed by atoms with E-state index < -0.39 is 79.6 Å². The molecule has 0 aromatic heterocycles. The van der Waals surface area contributed by atoms with Crippen LogP contribution in [0.25, 0.3) is 6.08 Å². The van der Waals surface area contributed by atoms with E-state index in [0.717, 1.165) is 12.3 Å². The molecule has 0 radical (unpaired) electrons. The van der Waals surface area contributed by atoms with E-state index in [2.05, 4.69) is 0 Å². The number of aliphatic carboxylic acids is 1. The van der Waals surface area contributed by atoms with Gasteiger partial charge in [0.15, 0.2) is 17.8 Å². The van der Waals surface area contributed by atoms with Crippen LogP contribution in [0.2, 0.25) is 0 Å². The average molecular weight is 567 g/mol. The molecule has 1 aromatic rings. The summed E-state index contributed by atoms with van der Waals surface area (Å²) in [6.45, 7) is -1.35. The number of phenols is 1. The SMILES string of the molecule is COc1cc(C=CC(=O)OC[C@@]2(O)C=C[C@@H]3C(C(=O)O)=CO[C@@H](O[C@@H]4O[C@H](CO)[C@@H](O)[C@H](O)[C@H]4O)[C@@H]32)ccc1O. The summed E-state index contributed by atoms with van der Waals surface area (Å²) in [5.41, 5.74) is -1.71. The lowest BCUT2D eigenvalue weighted by Crippen LogP contribution is -2.61. The van der Waals surface area contributed by atoms with E-state index in [1.807, 2.05) is 0 Å². The summed E-state index contributed by atoms with van der Waals surface area (Å²) in [6, 6.07) is 4.39. The highest BCUT2D eigenvalue weighted by Crippen LogP contribution is 2.46. The Labute approximate surface area is 227 Å². The van der Waals surface area contributed by atoms with Crippen LogP contribution in [0.1, 0.15) is 5.56 Å². The molecule has 3 aliphatic rings. The summed E-state index contributed by atoms with van der Waals surface area (Å²) in [5, 5.41) is 70.6. The number of methoxy groups -OCH3 is 1. The van der Waals surface area contributed by atoms with Gasteiger partial charge in [-0.25, -0.2) is 9.59 Å². The van der Waals surface area contributed by atoms with E-state index >= 15 is 0 Å². The lowest BCUT2D eigenvalue weighted by Gasteiger charge is -2.44. The van der Waals surface area contributed by atoms with Gasteiger partial charge in [0, 0.05) is 12.0 Å². The molecule has 1 aliphatic carbocycles. The number of phenolic OH excluding ortho intramolecular Hbond substituents is 1. The highest BCUT2D eigenvalue weighted by molar-refractivity contribution is 5.88. The van der Waals surface area contributed by atoms with Gasteiger partial charge in [-0.3, -0.25) is 0 Å². The van der Waals surface area contributed by atoms with Gasteiger partial charge in [-0.15, -0.1) is 0 Å². The molecule has 14 heteroatoms. The lowest BCUT2D eigenvalue weighted by molar-refractivity contribution is -0.346. The topological polar surface area (TPSA) is 222 Å². The standard InChI is InChI=1S/C26H30O14/c1-36-16-8-12(2-4-15(16)28)3-5-18(29)38-11-26(35)7-6-13-14(23(33)34)10-37-24(19(13)26)40-25-22(32)21(31)20(30)17(9-27)39-25/h2-8,10,13,17,19-22,24-25,27-28,30-32,35H,9,11H2,1H3,(H,33,34)/t13-,17-,19-,20-,21+,22-,24+,25+,26+/m1/s1. The highest BCUT2D eigenvalue weighted by Gasteiger charge is 2.56. The molecule has 2 aliphatic heterocycles. The molecule has 0 bridgehead atoms. The van der Waals surface area contributed by atoms with E-state index in [1.54, 1.807) is 0 Å². The summed E-state index contributed by atoms with van der Waals surface area (Å²) in [4.78, 5) is 24.2. The first-order valence-electron chi connectivity index (χ1n) is 12.2. The zero-order valence-electron chi connectivity index (χ0n) is 21.1. The number of aromatic hydroxyl groups is 1. The van der Waals surface area contributed by atoms with Crippen molar-refractivity contribution in [1.29, 1.82) is 0 Å². The molecular formula is C26H30O14. The Hall–Kier alpha value is -3.50. The fraction of sp³-hybridized carbons (Fsp3) is 0.462. The van der Waals surface area contributed by atoms with Gasteiger partial charge in [0.2, 0.25) is 6.29 Å². The van der Waals surface area contributed by atoms with Crippen LogP contribution in [0.4, 0.5) is 0 Å². The molecule has 9 atom stereocenters. The van der Waals surface area contributed by atoms with Crippen LogP contribution in [-0.4, -0.2) is 111 Å². The number of aliphatic hydroxyl groups is 5. The van der Waals surface area contributed by atoms with Crippen LogP contribution >= 0.6 is 0 Å². The minimum absolute atomic E-state index is 0.0861. The van der Waals surface area contributed by atoms with Gasteiger partial charge in [0.25, 0.3) is 0 Å². The molecule has 2 heterocycles. The van der Waals surface area contributed by atoms with E-state index in [0.29, 0.717) is 5.56 Å². The monoisotopic (exact) mass is 566 g/mol. The molecule has 1 fully saturated rings. The molecule has 218 valence electrons. The Morgan fingerprint density at radius 1 is 1.12 bits per heavy atom. The zero-order chi connectivity index (χ0) is 29.2. The van der Waals surface area contributed by atoms with Gasteiger partial charge in [0.1, 0.15) is 36.6 Å². The number of aliphatic hydroxyl groups excluding tert-OH is 4. The van der Waals surface area contributed by atoms with Crippen LogP contribution in [0.3, 0.4) is 0 Å². The van der Waals surface area contributed by atoms with Gasteiger partial charge < -0.3 is 59.4 Å². The van der Waals surface area contributed by atoms with Crippen molar-refractivity contribution in [3.63, 3.8) is 0 Å². The Bertz CT molecular complexity index is 1190. The molecule has 0 saturated carbocycles. The van der Waals surface area contributed by atoms with E-state index in [4.69, 9.17) is 23.7 Å². The molecule has 4 rings (SSSR count). The van der Waals surface area contributed by atoms with Gasteiger partial charge in [-0.05, 0) is 23.8 Å². The number of carbonyl (C=O) groups is 2. The van der Waals surface area contributed by atoms with E-state index in [1.165, 1.54) is 43.5 Å². The average Bonchev–Trinajstić information content (AvgIpc) is 3.29. The first-order valence-corrected chi connectivity index (χ1v) is 12.2. The molecule has 0 amide bonds. The number of carbonyl (C=O) groups excluding carboxylic acids is 1. The van der Waals surface area contributed by atoms with Gasteiger partial charge >= 0.3 is 11.9 Å². The minimum atomic E-state index is -2.00. The molecule has 1 saturated heterocycles. The Morgan fingerprint density at radius 2 is 1.88 bits per heavy atom. The third-order valence-corrected chi connectivity index (χ3v) is 6.96. The summed E-state index contributed by atoms with van der Waals surface area (Å²) in [5.74, 6) is -4.26. The first-order chi connectivity index (χ1) is 19.0. The number of benzene rings is 1. The van der Waals surface area contributed by atoms with Crippen molar-refractivity contribution in [3.05, 3.63) is 53.8 Å². The lowest BCUT2D eigenvalue weighted by atomic mass is 9.79. The third-order valence-electron chi connectivity index (χ3n) is 6.96. The molecule has 1 aromatic carbocycles. The fourth-order valence-electron chi connectivity index (χ4n) is 4.78. The van der Waals surface area contributed by atoms with Gasteiger partial charge in [0.05, 0.1) is 31.5 Å². The van der Waals surface area contributed by atoms with Crippen LogP contribution in [-0.2, 0) is 28.5 Å². The van der Waals surface area contributed by atoms with Crippen molar-refractivity contribution in [1.82, 2.24) is 0 Å².